The average Bonchev–Trinajstić information content (AvgIpc) is 2.77. The Morgan fingerprint density at radius 1 is 0.786 bits per heavy atom. The molecule has 0 fully saturated rings. The summed E-state index contributed by atoms with van der Waals surface area (Å²) in [5.74, 6) is 0.864. The molecule has 0 aliphatic rings. The lowest BCUT2D eigenvalue weighted by Gasteiger charge is -2.09. The molecule has 0 amide bonds. The van der Waals surface area contributed by atoms with E-state index in [4.69, 9.17) is 9.73 Å². The molecule has 0 bridgehead atoms. The van der Waals surface area contributed by atoms with Crippen LogP contribution in [-0.2, 0) is 6.61 Å². The van der Waals surface area contributed by atoms with Gasteiger partial charge < -0.3 is 4.74 Å². The molecular formula is C26H23NO. The van der Waals surface area contributed by atoms with E-state index in [2.05, 4.69) is 61.5 Å². The summed E-state index contributed by atoms with van der Waals surface area (Å²) in [6, 6.07) is 33.3. The first-order valence-corrected chi connectivity index (χ1v) is 9.56. The van der Waals surface area contributed by atoms with Crippen molar-refractivity contribution in [1.29, 1.82) is 0 Å². The van der Waals surface area contributed by atoms with Crippen molar-refractivity contribution in [3.63, 3.8) is 0 Å². The predicted octanol–water partition coefficient (Wildman–Crippen LogP) is 6.60. The van der Waals surface area contributed by atoms with Crippen LogP contribution < -0.4 is 4.74 Å². The largest absolute Gasteiger partial charge is 0.489 e. The van der Waals surface area contributed by atoms with Crippen molar-refractivity contribution in [3.8, 4) is 5.75 Å². The number of rotatable bonds is 6. The van der Waals surface area contributed by atoms with E-state index in [-0.39, 0.29) is 6.04 Å². The molecule has 1 unspecified atom stereocenters. The van der Waals surface area contributed by atoms with Gasteiger partial charge in [0.15, 0.2) is 0 Å². The summed E-state index contributed by atoms with van der Waals surface area (Å²) in [6.45, 7) is 2.70. The zero-order valence-corrected chi connectivity index (χ0v) is 16.0. The Bertz CT molecular complexity index is 1070. The lowest BCUT2D eigenvalue weighted by Crippen LogP contribution is -1.95. The molecule has 4 aromatic rings. The fraction of sp³-hybridized carbons (Fsp3) is 0.115. The molecule has 0 aromatic heterocycles. The fourth-order valence-electron chi connectivity index (χ4n) is 3.14. The van der Waals surface area contributed by atoms with Crippen molar-refractivity contribution < 1.29 is 4.74 Å². The van der Waals surface area contributed by atoms with Gasteiger partial charge in [0.25, 0.3) is 0 Å². The van der Waals surface area contributed by atoms with Gasteiger partial charge in [-0.25, -0.2) is 0 Å². The van der Waals surface area contributed by atoms with Crippen molar-refractivity contribution in [3.05, 3.63) is 114 Å². The molecule has 0 N–H and O–H groups in total. The minimum atomic E-state index is 0.110. The van der Waals surface area contributed by atoms with Crippen molar-refractivity contribution in [2.24, 2.45) is 4.99 Å². The van der Waals surface area contributed by atoms with Crippen LogP contribution in [0.15, 0.2) is 102 Å². The Labute approximate surface area is 166 Å². The van der Waals surface area contributed by atoms with Crippen LogP contribution >= 0.6 is 0 Å². The smallest absolute Gasteiger partial charge is 0.119 e. The number of nitrogens with zero attached hydrogens (tertiary/aromatic N) is 1. The second-order valence-electron chi connectivity index (χ2n) is 6.90. The molecule has 2 nitrogen and oxygen atoms in total. The highest BCUT2D eigenvalue weighted by Gasteiger charge is 2.04. The first-order valence-electron chi connectivity index (χ1n) is 9.56. The summed E-state index contributed by atoms with van der Waals surface area (Å²) >= 11 is 0. The predicted molar refractivity (Wildman–Crippen MR) is 117 cm³/mol. The van der Waals surface area contributed by atoms with Gasteiger partial charge in [0, 0.05) is 6.21 Å². The minimum absolute atomic E-state index is 0.110. The Balaban J connectivity index is 1.39. The maximum Gasteiger partial charge on any atom is 0.119 e. The van der Waals surface area contributed by atoms with Gasteiger partial charge >= 0.3 is 0 Å². The van der Waals surface area contributed by atoms with Crippen LogP contribution in [0.2, 0.25) is 0 Å². The maximum absolute atomic E-state index is 5.84. The van der Waals surface area contributed by atoms with Crippen molar-refractivity contribution in [2.75, 3.05) is 0 Å². The number of benzene rings is 4. The SMILES string of the molecule is CC(N=Cc1ccc(OCc2ccccc2)cc1)c1ccc2ccccc2c1. The Kier molecular flexibility index (Phi) is 5.48. The zero-order chi connectivity index (χ0) is 19.2. The highest BCUT2D eigenvalue weighted by Crippen LogP contribution is 2.22. The monoisotopic (exact) mass is 365 g/mol. The van der Waals surface area contributed by atoms with Crippen LogP contribution in [0.5, 0.6) is 5.75 Å². The van der Waals surface area contributed by atoms with E-state index in [1.165, 1.54) is 16.3 Å². The number of hydrogen-bond acceptors (Lipinski definition) is 2. The van der Waals surface area contributed by atoms with E-state index in [1.807, 2.05) is 48.7 Å². The maximum atomic E-state index is 5.84. The molecule has 0 heterocycles. The highest BCUT2D eigenvalue weighted by atomic mass is 16.5. The summed E-state index contributed by atoms with van der Waals surface area (Å²) in [5, 5.41) is 2.51. The molecular weight excluding hydrogens is 342 g/mol. The molecule has 0 aliphatic carbocycles. The highest BCUT2D eigenvalue weighted by molar-refractivity contribution is 5.83. The van der Waals surface area contributed by atoms with E-state index in [1.54, 1.807) is 0 Å². The number of hydrogen-bond donors (Lipinski definition) is 0. The van der Waals surface area contributed by atoms with Gasteiger partial charge in [0.2, 0.25) is 0 Å². The van der Waals surface area contributed by atoms with Gasteiger partial charge in [-0.15, -0.1) is 0 Å². The van der Waals surface area contributed by atoms with E-state index in [0.29, 0.717) is 6.61 Å². The molecule has 4 aromatic carbocycles. The topological polar surface area (TPSA) is 21.6 Å². The summed E-state index contributed by atoms with van der Waals surface area (Å²) in [4.78, 5) is 4.73. The molecule has 4 rings (SSSR count). The molecule has 0 saturated carbocycles. The third-order valence-corrected chi connectivity index (χ3v) is 4.83. The second-order valence-corrected chi connectivity index (χ2v) is 6.90. The zero-order valence-electron chi connectivity index (χ0n) is 16.0. The molecule has 1 atom stereocenters. The summed E-state index contributed by atoms with van der Waals surface area (Å²) in [5.41, 5.74) is 3.45. The van der Waals surface area contributed by atoms with Crippen LogP contribution in [0.25, 0.3) is 10.8 Å². The standard InChI is InChI=1S/C26H23NO/c1-20(24-14-13-23-9-5-6-10-25(23)17-24)27-18-21-11-15-26(16-12-21)28-19-22-7-3-2-4-8-22/h2-18,20H,19H2,1H3. The molecule has 0 saturated heterocycles. The Hall–Kier alpha value is -3.39. The first-order chi connectivity index (χ1) is 13.8. The van der Waals surface area contributed by atoms with Crippen molar-refractivity contribution >= 4 is 17.0 Å². The van der Waals surface area contributed by atoms with Crippen LogP contribution in [-0.4, -0.2) is 6.21 Å². The van der Waals surface area contributed by atoms with Crippen LogP contribution in [0, 0.1) is 0 Å². The third-order valence-electron chi connectivity index (χ3n) is 4.83. The summed E-state index contributed by atoms with van der Waals surface area (Å²) < 4.78 is 5.84. The molecule has 138 valence electrons. The van der Waals surface area contributed by atoms with E-state index in [0.717, 1.165) is 16.9 Å². The third kappa shape index (κ3) is 4.47. The van der Waals surface area contributed by atoms with Crippen molar-refractivity contribution in [2.45, 2.75) is 19.6 Å². The van der Waals surface area contributed by atoms with Crippen LogP contribution in [0.1, 0.15) is 29.7 Å². The normalized spacial score (nSPS) is 12.3. The van der Waals surface area contributed by atoms with Crippen LogP contribution in [0.4, 0.5) is 0 Å². The second kappa shape index (κ2) is 8.53. The van der Waals surface area contributed by atoms with Crippen LogP contribution in [0.3, 0.4) is 0 Å². The number of fused-ring (bicyclic) bond motifs is 1. The molecule has 28 heavy (non-hydrogen) atoms. The average molecular weight is 365 g/mol. The van der Waals surface area contributed by atoms with E-state index in [9.17, 15) is 0 Å². The lowest BCUT2D eigenvalue weighted by molar-refractivity contribution is 0.306. The minimum Gasteiger partial charge on any atom is -0.489 e. The van der Waals surface area contributed by atoms with Gasteiger partial charge in [-0.05, 0) is 64.7 Å². The van der Waals surface area contributed by atoms with Gasteiger partial charge in [-0.1, -0.05) is 66.7 Å². The van der Waals surface area contributed by atoms with E-state index >= 15 is 0 Å². The molecule has 0 spiro atoms. The lowest BCUT2D eigenvalue weighted by atomic mass is 10.0. The fourth-order valence-corrected chi connectivity index (χ4v) is 3.14. The van der Waals surface area contributed by atoms with Gasteiger partial charge in [0.05, 0.1) is 6.04 Å². The van der Waals surface area contributed by atoms with Gasteiger partial charge in [0.1, 0.15) is 12.4 Å². The quantitative estimate of drug-likeness (QED) is 0.353. The Morgan fingerprint density at radius 3 is 2.29 bits per heavy atom. The summed E-state index contributed by atoms with van der Waals surface area (Å²) in [7, 11) is 0. The molecule has 2 heteroatoms. The van der Waals surface area contributed by atoms with Gasteiger partial charge in [-0.2, -0.15) is 0 Å². The first kappa shape index (κ1) is 18.0. The molecule has 0 aliphatic heterocycles. The Morgan fingerprint density at radius 2 is 1.50 bits per heavy atom. The van der Waals surface area contributed by atoms with E-state index < -0.39 is 0 Å². The molecule has 0 radical (unpaired) electrons. The van der Waals surface area contributed by atoms with Crippen molar-refractivity contribution in [1.82, 2.24) is 0 Å². The number of aliphatic imine (C=N–C) groups is 1. The van der Waals surface area contributed by atoms with Gasteiger partial charge in [-0.3, -0.25) is 4.99 Å². The number of ether oxygens (including phenoxy) is 1. The summed E-state index contributed by atoms with van der Waals surface area (Å²) in [6.07, 6.45) is 1.93.